The van der Waals surface area contributed by atoms with Crippen molar-refractivity contribution in [1.82, 2.24) is 9.55 Å². The Hall–Kier alpha value is -2.15. The average Bonchev–Trinajstić information content (AvgIpc) is 3.13. The second kappa shape index (κ2) is 7.84. The molecule has 0 fully saturated rings. The van der Waals surface area contributed by atoms with E-state index in [1.807, 2.05) is 35.7 Å². The highest BCUT2D eigenvalue weighted by Crippen LogP contribution is 2.25. The Balaban J connectivity index is 1.71. The summed E-state index contributed by atoms with van der Waals surface area (Å²) in [6.45, 7) is 0.345. The van der Waals surface area contributed by atoms with Gasteiger partial charge in [-0.3, -0.25) is 9.36 Å². The van der Waals surface area contributed by atoms with Crippen LogP contribution in [0, 0.1) is 5.82 Å². The number of rotatable bonds is 5. The Morgan fingerprint density at radius 1 is 1.11 bits per heavy atom. The maximum Gasteiger partial charge on any atom is 0.272 e. The molecule has 0 saturated carbocycles. The van der Waals surface area contributed by atoms with Crippen molar-refractivity contribution < 1.29 is 4.39 Å². The normalized spacial score (nSPS) is 11.2. The molecule has 0 saturated heterocycles. The standard InChI is InChI=1S/C20H14ClFN2OS2/c21-15-3-1-2-14(10-15)12-27-20-23-17-8-9-26-18(17)19(25)24(20)11-13-4-6-16(22)7-5-13/h1-10H,11-12H2. The van der Waals surface area contributed by atoms with E-state index in [2.05, 4.69) is 4.98 Å². The number of thiophene rings is 1. The van der Waals surface area contributed by atoms with Gasteiger partial charge in [0.15, 0.2) is 5.16 Å². The highest BCUT2D eigenvalue weighted by atomic mass is 35.5. The Labute approximate surface area is 168 Å². The van der Waals surface area contributed by atoms with Crippen LogP contribution in [0.4, 0.5) is 4.39 Å². The zero-order valence-electron chi connectivity index (χ0n) is 14.1. The molecule has 0 amide bonds. The van der Waals surface area contributed by atoms with E-state index in [1.165, 1.54) is 35.2 Å². The lowest BCUT2D eigenvalue weighted by Crippen LogP contribution is -2.23. The van der Waals surface area contributed by atoms with Crippen molar-refractivity contribution in [3.05, 3.63) is 92.3 Å². The van der Waals surface area contributed by atoms with Gasteiger partial charge in [-0.15, -0.1) is 11.3 Å². The van der Waals surface area contributed by atoms with Crippen LogP contribution in [0.3, 0.4) is 0 Å². The molecule has 4 aromatic rings. The molecule has 0 bridgehead atoms. The van der Waals surface area contributed by atoms with Crippen molar-refractivity contribution in [2.45, 2.75) is 17.5 Å². The van der Waals surface area contributed by atoms with Gasteiger partial charge in [-0.05, 0) is 46.8 Å². The lowest BCUT2D eigenvalue weighted by atomic mass is 10.2. The predicted molar refractivity (Wildman–Crippen MR) is 110 cm³/mol. The third-order valence-electron chi connectivity index (χ3n) is 4.04. The van der Waals surface area contributed by atoms with Crippen molar-refractivity contribution in [3.8, 4) is 0 Å². The molecule has 0 atom stereocenters. The van der Waals surface area contributed by atoms with Crippen LogP contribution in [0.15, 0.2) is 69.9 Å². The van der Waals surface area contributed by atoms with Crippen LogP contribution < -0.4 is 5.56 Å². The molecule has 0 N–H and O–H groups in total. The number of thioether (sulfide) groups is 1. The average molecular weight is 417 g/mol. The summed E-state index contributed by atoms with van der Waals surface area (Å²) < 4.78 is 15.5. The molecule has 0 unspecified atom stereocenters. The second-order valence-electron chi connectivity index (χ2n) is 5.97. The fraction of sp³-hybridized carbons (Fsp3) is 0.100. The van der Waals surface area contributed by atoms with Gasteiger partial charge in [0.05, 0.1) is 12.1 Å². The third-order valence-corrected chi connectivity index (χ3v) is 6.22. The Morgan fingerprint density at radius 2 is 1.93 bits per heavy atom. The van der Waals surface area contributed by atoms with Crippen molar-refractivity contribution in [3.63, 3.8) is 0 Å². The van der Waals surface area contributed by atoms with Crippen LogP contribution in [0.5, 0.6) is 0 Å². The zero-order chi connectivity index (χ0) is 18.8. The number of hydrogen-bond acceptors (Lipinski definition) is 4. The third kappa shape index (κ3) is 4.08. The van der Waals surface area contributed by atoms with Gasteiger partial charge in [-0.25, -0.2) is 9.37 Å². The summed E-state index contributed by atoms with van der Waals surface area (Å²) in [7, 11) is 0. The van der Waals surface area contributed by atoms with E-state index in [1.54, 1.807) is 16.7 Å². The summed E-state index contributed by atoms with van der Waals surface area (Å²) in [4.78, 5) is 17.6. The summed E-state index contributed by atoms with van der Waals surface area (Å²) >= 11 is 8.93. The van der Waals surface area contributed by atoms with Gasteiger partial charge in [0.1, 0.15) is 10.5 Å². The quantitative estimate of drug-likeness (QED) is 0.314. The molecule has 2 heterocycles. The predicted octanol–water partition coefficient (Wildman–Crippen LogP) is 5.59. The number of benzene rings is 2. The summed E-state index contributed by atoms with van der Waals surface area (Å²) in [6, 6.07) is 15.6. The molecule has 136 valence electrons. The van der Waals surface area contributed by atoms with Crippen LogP contribution in [0.2, 0.25) is 5.02 Å². The van der Waals surface area contributed by atoms with E-state index in [4.69, 9.17) is 11.6 Å². The minimum atomic E-state index is -0.298. The van der Waals surface area contributed by atoms with Gasteiger partial charge in [-0.1, -0.05) is 47.6 Å². The fourth-order valence-corrected chi connectivity index (χ4v) is 4.65. The molecular weight excluding hydrogens is 403 g/mol. The first-order valence-electron chi connectivity index (χ1n) is 8.20. The molecular formula is C20H14ClFN2OS2. The van der Waals surface area contributed by atoms with E-state index in [0.717, 1.165) is 11.1 Å². The molecule has 2 aromatic carbocycles. The van der Waals surface area contributed by atoms with Crippen molar-refractivity contribution in [1.29, 1.82) is 0 Å². The number of hydrogen-bond donors (Lipinski definition) is 0. The zero-order valence-corrected chi connectivity index (χ0v) is 16.5. The molecule has 7 heteroatoms. The van der Waals surface area contributed by atoms with E-state index in [-0.39, 0.29) is 11.4 Å². The maximum atomic E-state index is 13.2. The smallest absolute Gasteiger partial charge is 0.272 e. The molecule has 0 radical (unpaired) electrons. The van der Waals surface area contributed by atoms with Crippen molar-refractivity contribution in [2.75, 3.05) is 0 Å². The first kappa shape index (κ1) is 18.2. The lowest BCUT2D eigenvalue weighted by molar-refractivity contribution is 0.623. The van der Waals surface area contributed by atoms with E-state index >= 15 is 0 Å². The van der Waals surface area contributed by atoms with Crippen LogP contribution in [-0.2, 0) is 12.3 Å². The van der Waals surface area contributed by atoms with Crippen LogP contribution in [0.25, 0.3) is 10.2 Å². The van der Waals surface area contributed by atoms with E-state index in [9.17, 15) is 9.18 Å². The second-order valence-corrected chi connectivity index (χ2v) is 8.26. The number of aromatic nitrogens is 2. The Kier molecular flexibility index (Phi) is 5.29. The summed E-state index contributed by atoms with van der Waals surface area (Å²) in [5.41, 5.74) is 2.53. The van der Waals surface area contributed by atoms with Crippen LogP contribution >= 0.6 is 34.7 Å². The SMILES string of the molecule is O=c1c2sccc2nc(SCc2cccc(Cl)c2)n1Cc1ccc(F)cc1. The lowest BCUT2D eigenvalue weighted by Gasteiger charge is -2.12. The Morgan fingerprint density at radius 3 is 2.70 bits per heavy atom. The minimum absolute atomic E-state index is 0.0760. The van der Waals surface area contributed by atoms with Crippen LogP contribution in [-0.4, -0.2) is 9.55 Å². The van der Waals surface area contributed by atoms with Crippen molar-refractivity contribution >= 4 is 44.9 Å². The molecule has 0 spiro atoms. The highest BCUT2D eigenvalue weighted by Gasteiger charge is 2.13. The van der Waals surface area contributed by atoms with Gasteiger partial charge in [-0.2, -0.15) is 0 Å². The maximum absolute atomic E-state index is 13.2. The monoisotopic (exact) mass is 416 g/mol. The summed E-state index contributed by atoms with van der Waals surface area (Å²) in [6.07, 6.45) is 0. The van der Waals surface area contributed by atoms with Gasteiger partial charge in [0.25, 0.3) is 5.56 Å². The van der Waals surface area contributed by atoms with Gasteiger partial charge in [0.2, 0.25) is 0 Å². The van der Waals surface area contributed by atoms with Gasteiger partial charge < -0.3 is 0 Å². The molecule has 4 rings (SSSR count). The highest BCUT2D eigenvalue weighted by molar-refractivity contribution is 7.98. The largest absolute Gasteiger partial charge is 0.282 e. The molecule has 0 aliphatic carbocycles. The van der Waals surface area contributed by atoms with Crippen LogP contribution in [0.1, 0.15) is 11.1 Å². The molecule has 2 aromatic heterocycles. The molecule has 27 heavy (non-hydrogen) atoms. The number of halogens is 2. The number of nitrogens with zero attached hydrogens (tertiary/aromatic N) is 2. The first-order valence-corrected chi connectivity index (χ1v) is 10.4. The molecule has 3 nitrogen and oxygen atoms in total. The van der Waals surface area contributed by atoms with Crippen molar-refractivity contribution in [2.24, 2.45) is 0 Å². The van der Waals surface area contributed by atoms with Gasteiger partial charge in [0, 0.05) is 10.8 Å². The van der Waals surface area contributed by atoms with Gasteiger partial charge >= 0.3 is 0 Å². The minimum Gasteiger partial charge on any atom is -0.282 e. The first-order chi connectivity index (χ1) is 13.1. The number of fused-ring (bicyclic) bond motifs is 1. The Bertz CT molecular complexity index is 1150. The van der Waals surface area contributed by atoms with E-state index < -0.39 is 0 Å². The van der Waals surface area contributed by atoms with E-state index in [0.29, 0.717) is 32.7 Å². The fourth-order valence-electron chi connectivity index (χ4n) is 2.72. The summed E-state index contributed by atoms with van der Waals surface area (Å²) in [5.74, 6) is 0.347. The molecule has 0 aliphatic rings. The molecule has 0 aliphatic heterocycles. The summed E-state index contributed by atoms with van der Waals surface area (Å²) in [5, 5.41) is 3.18. The topological polar surface area (TPSA) is 34.9 Å².